The molecule has 6 rings (SSSR count). The van der Waals surface area contributed by atoms with E-state index in [0.29, 0.717) is 6.61 Å². The van der Waals surface area contributed by atoms with Crippen molar-refractivity contribution in [3.05, 3.63) is 77.5 Å². The Morgan fingerprint density at radius 2 is 1.81 bits per heavy atom. The number of hydrogen-bond donors (Lipinski definition) is 0. The van der Waals surface area contributed by atoms with E-state index >= 15 is 0 Å². The van der Waals surface area contributed by atoms with E-state index in [2.05, 4.69) is 34.6 Å². The van der Waals surface area contributed by atoms with Gasteiger partial charge in [-0.05, 0) is 29.8 Å². The molecule has 1 unspecified atom stereocenters. The third kappa shape index (κ3) is 3.12. The molecule has 5 heteroatoms. The fraction of sp³-hybridized carbons (Fsp3) is 0.296. The molecule has 1 fully saturated rings. The molecule has 5 nitrogen and oxygen atoms in total. The lowest BCUT2D eigenvalue weighted by atomic mass is 9.98. The summed E-state index contributed by atoms with van der Waals surface area (Å²) in [5.41, 5.74) is 3.57. The van der Waals surface area contributed by atoms with Gasteiger partial charge in [0.05, 0.1) is 30.3 Å². The molecule has 3 heterocycles. The molecule has 0 N–H and O–H groups in total. The maximum atomic E-state index is 13.8. The second-order valence-electron chi connectivity index (χ2n) is 8.75. The van der Waals surface area contributed by atoms with Crippen LogP contribution in [0, 0.1) is 6.92 Å². The predicted molar refractivity (Wildman–Crippen MR) is 126 cm³/mol. The average molecular weight is 427 g/mol. The van der Waals surface area contributed by atoms with Gasteiger partial charge in [0, 0.05) is 36.3 Å². The highest BCUT2D eigenvalue weighted by Crippen LogP contribution is 2.39. The fourth-order valence-electron chi connectivity index (χ4n) is 5.27. The average Bonchev–Trinajstić information content (AvgIpc) is 3.14. The van der Waals surface area contributed by atoms with Gasteiger partial charge in [0.1, 0.15) is 12.4 Å². The molecule has 0 radical (unpaired) electrons. The van der Waals surface area contributed by atoms with Crippen molar-refractivity contribution in [3.63, 3.8) is 0 Å². The van der Waals surface area contributed by atoms with E-state index in [1.165, 1.54) is 0 Å². The quantitative estimate of drug-likeness (QED) is 0.448. The number of benzene rings is 3. The number of morpholine rings is 1. The Balaban J connectivity index is 1.46. The third-order valence-corrected chi connectivity index (χ3v) is 6.84. The second kappa shape index (κ2) is 7.76. The minimum absolute atomic E-state index is 0.0705. The Kier molecular flexibility index (Phi) is 4.74. The molecule has 162 valence electrons. The molecular formula is C27H26N2O3. The molecule has 0 bridgehead atoms. The van der Waals surface area contributed by atoms with Crippen LogP contribution in [-0.4, -0.2) is 54.7 Å². The fourth-order valence-corrected chi connectivity index (χ4v) is 5.27. The molecule has 3 aromatic carbocycles. The van der Waals surface area contributed by atoms with Crippen molar-refractivity contribution in [2.45, 2.75) is 13.0 Å². The van der Waals surface area contributed by atoms with Crippen LogP contribution in [0.4, 0.5) is 0 Å². The van der Waals surface area contributed by atoms with Crippen molar-refractivity contribution in [2.24, 2.45) is 0 Å². The number of ether oxygens (including phenoxy) is 2. The minimum Gasteiger partial charge on any atom is -0.489 e. The molecule has 1 aromatic heterocycles. The van der Waals surface area contributed by atoms with Crippen LogP contribution in [0.15, 0.2) is 60.7 Å². The molecule has 0 spiro atoms. The van der Waals surface area contributed by atoms with E-state index in [-0.39, 0.29) is 11.8 Å². The van der Waals surface area contributed by atoms with Gasteiger partial charge in [0.25, 0.3) is 0 Å². The summed E-state index contributed by atoms with van der Waals surface area (Å²) in [4.78, 5) is 16.2. The zero-order valence-corrected chi connectivity index (χ0v) is 18.2. The summed E-state index contributed by atoms with van der Waals surface area (Å²) >= 11 is 0. The van der Waals surface area contributed by atoms with Crippen molar-refractivity contribution >= 4 is 27.5 Å². The maximum absolute atomic E-state index is 13.8. The highest BCUT2D eigenvalue weighted by Gasteiger charge is 2.31. The number of aromatic nitrogens is 1. The smallest absolute Gasteiger partial charge is 0.195 e. The largest absolute Gasteiger partial charge is 0.489 e. The molecular weight excluding hydrogens is 400 g/mol. The number of nitrogens with zero attached hydrogens (tertiary/aromatic N) is 2. The summed E-state index contributed by atoms with van der Waals surface area (Å²) in [5.74, 6) is 0.933. The Labute approximate surface area is 187 Å². The maximum Gasteiger partial charge on any atom is 0.195 e. The summed E-state index contributed by atoms with van der Waals surface area (Å²) in [7, 11) is 0. The standard InChI is InChI=1S/C27H26N2O3/c1-18-25(27(30)21-10-9-19-5-2-3-6-20(19)15-21)23-7-4-8-24-26(23)29(18)22(17-32-24)16-28-11-13-31-14-12-28/h2-10,15,22H,11-14,16-17H2,1H3. The SMILES string of the molecule is Cc1c(C(=O)c2ccc3ccccc3c2)c2cccc3c2n1C(CN1CCOCC1)CO3. The molecule has 2 aliphatic rings. The van der Waals surface area contributed by atoms with Crippen LogP contribution in [0.2, 0.25) is 0 Å². The van der Waals surface area contributed by atoms with Crippen molar-refractivity contribution < 1.29 is 14.3 Å². The highest BCUT2D eigenvalue weighted by atomic mass is 16.5. The lowest BCUT2D eigenvalue weighted by Gasteiger charge is -2.34. The first-order valence-corrected chi connectivity index (χ1v) is 11.3. The van der Waals surface area contributed by atoms with Gasteiger partial charge in [-0.15, -0.1) is 0 Å². The van der Waals surface area contributed by atoms with Gasteiger partial charge >= 0.3 is 0 Å². The number of fused-ring (bicyclic) bond motifs is 1. The molecule has 4 aromatic rings. The number of carbonyl (C=O) groups excluding carboxylic acids is 1. The molecule has 1 saturated heterocycles. The van der Waals surface area contributed by atoms with Crippen LogP contribution >= 0.6 is 0 Å². The zero-order chi connectivity index (χ0) is 21.7. The monoisotopic (exact) mass is 426 g/mol. The Morgan fingerprint density at radius 3 is 2.66 bits per heavy atom. The van der Waals surface area contributed by atoms with Crippen LogP contribution < -0.4 is 4.74 Å². The molecule has 1 atom stereocenters. The van der Waals surface area contributed by atoms with E-state index in [4.69, 9.17) is 9.47 Å². The number of carbonyl (C=O) groups is 1. The molecule has 0 aliphatic carbocycles. The van der Waals surface area contributed by atoms with E-state index in [0.717, 1.165) is 77.1 Å². The van der Waals surface area contributed by atoms with E-state index < -0.39 is 0 Å². The molecule has 0 saturated carbocycles. The summed E-state index contributed by atoms with van der Waals surface area (Å²) in [6.45, 7) is 7.01. The van der Waals surface area contributed by atoms with Gasteiger partial charge in [-0.2, -0.15) is 0 Å². The van der Waals surface area contributed by atoms with Gasteiger partial charge < -0.3 is 14.0 Å². The first-order chi connectivity index (χ1) is 15.7. The first-order valence-electron chi connectivity index (χ1n) is 11.3. The van der Waals surface area contributed by atoms with Crippen LogP contribution in [0.5, 0.6) is 5.75 Å². The third-order valence-electron chi connectivity index (χ3n) is 6.84. The summed E-state index contributed by atoms with van der Waals surface area (Å²) in [6.07, 6.45) is 0. The normalized spacial score (nSPS) is 18.7. The topological polar surface area (TPSA) is 43.7 Å². The van der Waals surface area contributed by atoms with Gasteiger partial charge in [-0.1, -0.05) is 48.5 Å². The van der Waals surface area contributed by atoms with Crippen LogP contribution in [0.3, 0.4) is 0 Å². The number of para-hydroxylation sites is 1. The Hall–Kier alpha value is -3.15. The Bertz CT molecular complexity index is 1330. The van der Waals surface area contributed by atoms with Gasteiger partial charge in [-0.25, -0.2) is 0 Å². The summed E-state index contributed by atoms with van der Waals surface area (Å²) in [5, 5.41) is 3.20. The highest BCUT2D eigenvalue weighted by molar-refractivity contribution is 6.19. The second-order valence-corrected chi connectivity index (χ2v) is 8.75. The number of rotatable bonds is 4. The summed E-state index contributed by atoms with van der Waals surface area (Å²) in [6, 6.07) is 20.4. The van der Waals surface area contributed by atoms with Crippen molar-refractivity contribution in [2.75, 3.05) is 39.5 Å². The lowest BCUT2D eigenvalue weighted by molar-refractivity contribution is 0.0272. The van der Waals surface area contributed by atoms with Crippen LogP contribution in [-0.2, 0) is 4.74 Å². The van der Waals surface area contributed by atoms with Gasteiger partial charge in [0.2, 0.25) is 0 Å². The zero-order valence-electron chi connectivity index (χ0n) is 18.2. The predicted octanol–water partition coefficient (Wildman–Crippen LogP) is 4.60. The Morgan fingerprint density at radius 1 is 1.00 bits per heavy atom. The van der Waals surface area contributed by atoms with Crippen molar-refractivity contribution in [3.8, 4) is 5.75 Å². The number of ketones is 1. The number of hydrogen-bond acceptors (Lipinski definition) is 4. The van der Waals surface area contributed by atoms with Crippen molar-refractivity contribution in [1.29, 1.82) is 0 Å². The molecule has 2 aliphatic heterocycles. The molecule has 32 heavy (non-hydrogen) atoms. The van der Waals surface area contributed by atoms with E-state index in [9.17, 15) is 4.79 Å². The first kappa shape index (κ1) is 19.5. The van der Waals surface area contributed by atoms with E-state index in [1.807, 2.05) is 42.5 Å². The van der Waals surface area contributed by atoms with Gasteiger partial charge in [-0.3, -0.25) is 9.69 Å². The summed E-state index contributed by atoms with van der Waals surface area (Å²) < 4.78 is 14.0. The van der Waals surface area contributed by atoms with E-state index in [1.54, 1.807) is 0 Å². The minimum atomic E-state index is 0.0705. The van der Waals surface area contributed by atoms with Crippen LogP contribution in [0.1, 0.15) is 27.7 Å². The lowest BCUT2D eigenvalue weighted by Crippen LogP contribution is -2.42. The van der Waals surface area contributed by atoms with Crippen molar-refractivity contribution in [1.82, 2.24) is 9.47 Å². The van der Waals surface area contributed by atoms with Crippen LogP contribution in [0.25, 0.3) is 21.7 Å². The van der Waals surface area contributed by atoms with Gasteiger partial charge in [0.15, 0.2) is 5.78 Å². The molecule has 0 amide bonds.